The Balaban J connectivity index is 2.04. The summed E-state index contributed by atoms with van der Waals surface area (Å²) in [6.07, 6.45) is 5.42. The van der Waals surface area contributed by atoms with Crippen molar-refractivity contribution in [2.75, 3.05) is 18.0 Å². The molecule has 1 saturated heterocycles. The summed E-state index contributed by atoms with van der Waals surface area (Å²) in [5.41, 5.74) is 5.48. The van der Waals surface area contributed by atoms with Gasteiger partial charge < -0.3 is 10.6 Å². The zero-order valence-corrected chi connectivity index (χ0v) is 11.9. The fourth-order valence-corrected chi connectivity index (χ4v) is 2.22. The minimum Gasteiger partial charge on any atom is -0.387 e. The van der Waals surface area contributed by atoms with Gasteiger partial charge in [0.1, 0.15) is 0 Å². The van der Waals surface area contributed by atoms with Crippen LogP contribution in [0.4, 0.5) is 5.95 Å². The molecule has 92 valence electrons. The summed E-state index contributed by atoms with van der Waals surface area (Å²) in [5, 5.41) is 7.61. The second kappa shape index (κ2) is 4.75. The maximum atomic E-state index is 7.61. The first-order valence-electron chi connectivity index (χ1n) is 5.58. The standard InChI is InChI=1S/C11H16IN5/c1-11(9(13)14)2-4-17(5-3-11)10-15-6-8(12)7-16-10/h6-7H,2-5H2,1H3,(H3,13,14). The molecule has 0 bridgehead atoms. The molecule has 0 saturated carbocycles. The third-order valence-corrected chi connectivity index (χ3v) is 3.96. The Morgan fingerprint density at radius 3 is 2.41 bits per heavy atom. The first-order valence-corrected chi connectivity index (χ1v) is 6.66. The van der Waals surface area contributed by atoms with Crippen molar-refractivity contribution in [2.24, 2.45) is 11.1 Å². The lowest BCUT2D eigenvalue weighted by Crippen LogP contribution is -2.45. The molecule has 0 radical (unpaired) electrons. The first kappa shape index (κ1) is 12.5. The quantitative estimate of drug-likeness (QED) is 0.485. The highest BCUT2D eigenvalue weighted by Gasteiger charge is 2.33. The van der Waals surface area contributed by atoms with Crippen molar-refractivity contribution in [1.29, 1.82) is 5.41 Å². The Hall–Kier alpha value is -0.920. The third-order valence-electron chi connectivity index (χ3n) is 3.41. The molecule has 0 atom stereocenters. The highest BCUT2D eigenvalue weighted by atomic mass is 127. The van der Waals surface area contributed by atoms with Gasteiger partial charge in [0.05, 0.1) is 5.84 Å². The molecule has 6 heteroatoms. The van der Waals surface area contributed by atoms with E-state index < -0.39 is 0 Å². The van der Waals surface area contributed by atoms with E-state index in [2.05, 4.69) is 44.4 Å². The summed E-state index contributed by atoms with van der Waals surface area (Å²) in [7, 11) is 0. The monoisotopic (exact) mass is 345 g/mol. The average Bonchev–Trinajstić information content (AvgIpc) is 2.31. The molecule has 0 amide bonds. The minimum atomic E-state index is -0.153. The normalized spacial score (nSPS) is 19.1. The van der Waals surface area contributed by atoms with E-state index >= 15 is 0 Å². The van der Waals surface area contributed by atoms with E-state index in [4.69, 9.17) is 11.1 Å². The number of amidine groups is 1. The largest absolute Gasteiger partial charge is 0.387 e. The highest BCUT2D eigenvalue weighted by Crippen LogP contribution is 2.31. The number of piperidine rings is 1. The van der Waals surface area contributed by atoms with E-state index in [0.29, 0.717) is 5.84 Å². The number of halogens is 1. The predicted octanol–water partition coefficient (Wildman–Crippen LogP) is 1.62. The number of hydrogen-bond acceptors (Lipinski definition) is 4. The highest BCUT2D eigenvalue weighted by molar-refractivity contribution is 14.1. The number of hydrogen-bond donors (Lipinski definition) is 2. The van der Waals surface area contributed by atoms with Crippen molar-refractivity contribution in [2.45, 2.75) is 19.8 Å². The van der Waals surface area contributed by atoms with Gasteiger partial charge in [0.2, 0.25) is 5.95 Å². The molecule has 0 aliphatic carbocycles. The van der Waals surface area contributed by atoms with Crippen molar-refractivity contribution < 1.29 is 0 Å². The van der Waals surface area contributed by atoms with Crippen LogP contribution < -0.4 is 10.6 Å². The molecule has 0 unspecified atom stereocenters. The van der Waals surface area contributed by atoms with Crippen LogP contribution in [0.2, 0.25) is 0 Å². The SMILES string of the molecule is CC1(C(=N)N)CCN(c2ncc(I)cn2)CC1. The second-order valence-electron chi connectivity index (χ2n) is 4.66. The van der Waals surface area contributed by atoms with Gasteiger partial charge in [0.15, 0.2) is 0 Å². The van der Waals surface area contributed by atoms with Gasteiger partial charge in [-0.25, -0.2) is 9.97 Å². The van der Waals surface area contributed by atoms with Crippen LogP contribution in [0.5, 0.6) is 0 Å². The smallest absolute Gasteiger partial charge is 0.225 e. The van der Waals surface area contributed by atoms with Gasteiger partial charge in [-0.2, -0.15) is 0 Å². The van der Waals surface area contributed by atoms with Crippen molar-refractivity contribution in [3.05, 3.63) is 16.0 Å². The average molecular weight is 345 g/mol. The molecule has 1 aliphatic rings. The molecule has 1 fully saturated rings. The zero-order valence-electron chi connectivity index (χ0n) is 9.78. The topological polar surface area (TPSA) is 78.9 Å². The van der Waals surface area contributed by atoms with Crippen LogP contribution >= 0.6 is 22.6 Å². The van der Waals surface area contributed by atoms with Gasteiger partial charge in [-0.15, -0.1) is 0 Å². The second-order valence-corrected chi connectivity index (χ2v) is 5.91. The molecule has 2 heterocycles. The minimum absolute atomic E-state index is 0.153. The summed E-state index contributed by atoms with van der Waals surface area (Å²) in [5.74, 6) is 1.07. The van der Waals surface area contributed by atoms with Crippen LogP contribution in [0.1, 0.15) is 19.8 Å². The van der Waals surface area contributed by atoms with E-state index in [1.807, 2.05) is 12.4 Å². The number of nitrogens with one attached hydrogen (secondary N) is 1. The van der Waals surface area contributed by atoms with Gasteiger partial charge in [-0.05, 0) is 35.4 Å². The summed E-state index contributed by atoms with van der Waals surface area (Å²) >= 11 is 2.19. The van der Waals surface area contributed by atoms with Crippen LogP contribution in [-0.2, 0) is 0 Å². The van der Waals surface area contributed by atoms with Crippen molar-refractivity contribution in [3.8, 4) is 0 Å². The number of rotatable bonds is 2. The zero-order chi connectivity index (χ0) is 12.5. The maximum Gasteiger partial charge on any atom is 0.225 e. The summed E-state index contributed by atoms with van der Waals surface area (Å²) < 4.78 is 1.04. The van der Waals surface area contributed by atoms with Crippen LogP contribution in [0, 0.1) is 14.4 Å². The molecule has 2 rings (SSSR count). The molecule has 0 aromatic carbocycles. The van der Waals surface area contributed by atoms with Crippen molar-refractivity contribution in [1.82, 2.24) is 9.97 Å². The number of nitrogens with zero attached hydrogens (tertiary/aromatic N) is 3. The Bertz CT molecular complexity index is 408. The van der Waals surface area contributed by atoms with Crippen LogP contribution in [0.15, 0.2) is 12.4 Å². The third kappa shape index (κ3) is 2.67. The fourth-order valence-electron chi connectivity index (χ4n) is 1.94. The van der Waals surface area contributed by atoms with Gasteiger partial charge in [0.25, 0.3) is 0 Å². The Morgan fingerprint density at radius 2 is 1.94 bits per heavy atom. The lowest BCUT2D eigenvalue weighted by Gasteiger charge is -2.38. The van der Waals surface area contributed by atoms with Crippen LogP contribution in [0.25, 0.3) is 0 Å². The molecular formula is C11H16IN5. The Kier molecular flexibility index (Phi) is 3.50. The van der Waals surface area contributed by atoms with E-state index in [9.17, 15) is 0 Å². The van der Waals surface area contributed by atoms with Gasteiger partial charge in [-0.1, -0.05) is 6.92 Å². The van der Waals surface area contributed by atoms with Crippen molar-refractivity contribution >= 4 is 34.4 Å². The number of anilines is 1. The van der Waals surface area contributed by atoms with Crippen molar-refractivity contribution in [3.63, 3.8) is 0 Å². The molecule has 0 spiro atoms. The Morgan fingerprint density at radius 1 is 1.41 bits per heavy atom. The molecule has 1 aromatic rings. The lowest BCUT2D eigenvalue weighted by molar-refractivity contribution is 0.348. The molecule has 3 N–H and O–H groups in total. The van der Waals surface area contributed by atoms with E-state index in [0.717, 1.165) is 35.4 Å². The van der Waals surface area contributed by atoms with Crippen LogP contribution in [-0.4, -0.2) is 28.9 Å². The maximum absolute atomic E-state index is 7.61. The number of aromatic nitrogens is 2. The molecule has 1 aliphatic heterocycles. The lowest BCUT2D eigenvalue weighted by atomic mass is 9.79. The van der Waals surface area contributed by atoms with E-state index in [1.165, 1.54) is 0 Å². The molecular weight excluding hydrogens is 329 g/mol. The van der Waals surface area contributed by atoms with E-state index in [1.54, 1.807) is 0 Å². The Labute approximate surface area is 114 Å². The van der Waals surface area contributed by atoms with Gasteiger partial charge in [-0.3, -0.25) is 5.41 Å². The predicted molar refractivity (Wildman–Crippen MR) is 76.2 cm³/mol. The van der Waals surface area contributed by atoms with Gasteiger partial charge >= 0.3 is 0 Å². The molecule has 5 nitrogen and oxygen atoms in total. The fraction of sp³-hybridized carbons (Fsp3) is 0.545. The summed E-state index contributed by atoms with van der Waals surface area (Å²) in [4.78, 5) is 10.8. The number of nitrogens with two attached hydrogens (primary N) is 1. The first-order chi connectivity index (χ1) is 8.01. The van der Waals surface area contributed by atoms with E-state index in [-0.39, 0.29) is 5.41 Å². The van der Waals surface area contributed by atoms with Crippen LogP contribution in [0.3, 0.4) is 0 Å². The summed E-state index contributed by atoms with van der Waals surface area (Å²) in [6.45, 7) is 3.77. The summed E-state index contributed by atoms with van der Waals surface area (Å²) in [6, 6.07) is 0. The van der Waals surface area contributed by atoms with Gasteiger partial charge in [0, 0.05) is 34.5 Å². The molecule has 17 heavy (non-hydrogen) atoms. The molecule has 1 aromatic heterocycles.